The van der Waals surface area contributed by atoms with E-state index in [1.807, 2.05) is 6.92 Å². The van der Waals surface area contributed by atoms with E-state index in [-0.39, 0.29) is 0 Å². The van der Waals surface area contributed by atoms with Gasteiger partial charge >= 0.3 is 0 Å². The molecule has 1 heteroatoms. The van der Waals surface area contributed by atoms with Crippen LogP contribution in [0.5, 0.6) is 5.75 Å². The lowest BCUT2D eigenvalue weighted by Crippen LogP contribution is -1.97. The Morgan fingerprint density at radius 1 is 1.06 bits per heavy atom. The molecule has 1 aromatic carbocycles. The molecular formula is C16H22O. The number of benzene rings is 1. The van der Waals surface area contributed by atoms with Crippen LogP contribution in [0.2, 0.25) is 0 Å². The summed E-state index contributed by atoms with van der Waals surface area (Å²) in [4.78, 5) is 0. The van der Waals surface area contributed by atoms with Crippen molar-refractivity contribution in [2.75, 3.05) is 6.61 Å². The van der Waals surface area contributed by atoms with E-state index in [9.17, 15) is 0 Å². The highest BCUT2D eigenvalue weighted by molar-refractivity contribution is 5.41. The molecule has 1 rings (SSSR count). The van der Waals surface area contributed by atoms with Gasteiger partial charge in [-0.15, -0.1) is 11.8 Å². The van der Waals surface area contributed by atoms with Crippen LogP contribution in [-0.4, -0.2) is 6.61 Å². The quantitative estimate of drug-likeness (QED) is 0.709. The van der Waals surface area contributed by atoms with E-state index in [1.165, 1.54) is 16.7 Å². The molecule has 0 saturated carbocycles. The largest absolute Gasteiger partial charge is 0.494 e. The van der Waals surface area contributed by atoms with Gasteiger partial charge in [-0.25, -0.2) is 0 Å². The fourth-order valence-electron chi connectivity index (χ4n) is 2.00. The van der Waals surface area contributed by atoms with E-state index in [0.717, 1.165) is 31.6 Å². The highest BCUT2D eigenvalue weighted by atomic mass is 16.5. The average Bonchev–Trinajstić information content (AvgIpc) is 2.27. The smallest absolute Gasteiger partial charge is 0.119 e. The summed E-state index contributed by atoms with van der Waals surface area (Å²) in [6.45, 7) is 9.12. The van der Waals surface area contributed by atoms with Crippen LogP contribution in [0.15, 0.2) is 12.1 Å². The molecule has 0 aromatic heterocycles. The summed E-state index contributed by atoms with van der Waals surface area (Å²) >= 11 is 0. The first-order valence-electron chi connectivity index (χ1n) is 6.37. The van der Waals surface area contributed by atoms with Gasteiger partial charge in [0.2, 0.25) is 0 Å². The third kappa shape index (κ3) is 4.15. The summed E-state index contributed by atoms with van der Waals surface area (Å²) in [5.74, 6) is 7.29. The van der Waals surface area contributed by atoms with Crippen LogP contribution < -0.4 is 4.74 Å². The van der Waals surface area contributed by atoms with Crippen molar-refractivity contribution in [1.82, 2.24) is 0 Å². The van der Waals surface area contributed by atoms with Gasteiger partial charge in [0, 0.05) is 12.8 Å². The third-order valence-corrected chi connectivity index (χ3v) is 2.78. The van der Waals surface area contributed by atoms with Gasteiger partial charge in [0.1, 0.15) is 5.75 Å². The molecule has 0 amide bonds. The number of hydrogen-bond acceptors (Lipinski definition) is 1. The average molecular weight is 230 g/mol. The molecule has 0 aliphatic heterocycles. The molecule has 92 valence electrons. The van der Waals surface area contributed by atoms with Crippen molar-refractivity contribution in [2.45, 2.75) is 47.0 Å². The second kappa shape index (κ2) is 7.01. The summed E-state index contributed by atoms with van der Waals surface area (Å²) in [6, 6.07) is 4.25. The van der Waals surface area contributed by atoms with Gasteiger partial charge in [-0.05, 0) is 56.0 Å². The van der Waals surface area contributed by atoms with E-state index < -0.39 is 0 Å². The Kier molecular flexibility index (Phi) is 5.63. The highest BCUT2D eigenvalue weighted by Gasteiger charge is 2.05. The molecule has 1 aromatic rings. The number of aryl methyl sites for hydroxylation is 2. The van der Waals surface area contributed by atoms with Gasteiger partial charge in [0.05, 0.1) is 6.61 Å². The van der Waals surface area contributed by atoms with Crippen molar-refractivity contribution < 1.29 is 4.74 Å². The van der Waals surface area contributed by atoms with Gasteiger partial charge in [-0.2, -0.15) is 0 Å². The van der Waals surface area contributed by atoms with Crippen molar-refractivity contribution in [3.05, 3.63) is 28.8 Å². The Hall–Kier alpha value is -1.42. The normalized spacial score (nSPS) is 9.65. The second-order valence-corrected chi connectivity index (χ2v) is 4.18. The third-order valence-electron chi connectivity index (χ3n) is 2.78. The molecular weight excluding hydrogens is 208 g/mol. The lowest BCUT2D eigenvalue weighted by atomic mass is 9.98. The number of ether oxygens (including phenoxy) is 1. The molecule has 17 heavy (non-hydrogen) atoms. The molecule has 1 nitrogen and oxygen atoms in total. The lowest BCUT2D eigenvalue weighted by molar-refractivity contribution is 0.339. The Morgan fingerprint density at radius 2 is 1.71 bits per heavy atom. The molecule has 0 atom stereocenters. The fourth-order valence-corrected chi connectivity index (χ4v) is 2.00. The summed E-state index contributed by atoms with van der Waals surface area (Å²) in [6.07, 6.45) is 2.93. The minimum atomic E-state index is 0.722. The Labute approximate surface area is 105 Å². The van der Waals surface area contributed by atoms with Crippen LogP contribution in [0.1, 0.15) is 43.4 Å². The van der Waals surface area contributed by atoms with Gasteiger partial charge < -0.3 is 4.74 Å². The van der Waals surface area contributed by atoms with Crippen LogP contribution >= 0.6 is 0 Å². The summed E-state index contributed by atoms with van der Waals surface area (Å²) in [5.41, 5.74) is 4.04. The Bertz CT molecular complexity index is 398. The summed E-state index contributed by atoms with van der Waals surface area (Å²) in [5, 5.41) is 0. The van der Waals surface area contributed by atoms with Crippen LogP contribution in [0.25, 0.3) is 0 Å². The SMILES string of the molecule is CCC#CCCc1c(C)cc(OCC)cc1C. The van der Waals surface area contributed by atoms with E-state index in [4.69, 9.17) is 4.74 Å². The molecule has 0 spiro atoms. The Morgan fingerprint density at radius 3 is 2.24 bits per heavy atom. The van der Waals surface area contributed by atoms with Gasteiger partial charge in [0.25, 0.3) is 0 Å². The molecule has 0 aliphatic rings. The standard InChI is InChI=1S/C16H22O/c1-5-7-8-9-10-16-13(3)11-15(17-6-2)12-14(16)4/h11-12H,5-6,9-10H2,1-4H3. The Balaban J connectivity index is 2.78. The van der Waals surface area contributed by atoms with Crippen molar-refractivity contribution in [2.24, 2.45) is 0 Å². The van der Waals surface area contributed by atoms with E-state index in [0.29, 0.717) is 0 Å². The predicted octanol–water partition coefficient (Wildman–Crippen LogP) is 4.05. The number of rotatable bonds is 4. The molecule has 0 radical (unpaired) electrons. The maximum absolute atomic E-state index is 5.54. The van der Waals surface area contributed by atoms with Crippen molar-refractivity contribution in [1.29, 1.82) is 0 Å². The van der Waals surface area contributed by atoms with Crippen LogP contribution in [-0.2, 0) is 6.42 Å². The van der Waals surface area contributed by atoms with E-state index in [1.54, 1.807) is 0 Å². The lowest BCUT2D eigenvalue weighted by Gasteiger charge is -2.11. The molecule has 0 heterocycles. The topological polar surface area (TPSA) is 9.23 Å². The minimum Gasteiger partial charge on any atom is -0.494 e. The first-order chi connectivity index (χ1) is 8.19. The zero-order valence-corrected chi connectivity index (χ0v) is 11.4. The highest BCUT2D eigenvalue weighted by Crippen LogP contribution is 2.22. The zero-order chi connectivity index (χ0) is 12.7. The van der Waals surface area contributed by atoms with Crippen molar-refractivity contribution in [3.8, 4) is 17.6 Å². The van der Waals surface area contributed by atoms with Crippen LogP contribution in [0.3, 0.4) is 0 Å². The van der Waals surface area contributed by atoms with E-state index >= 15 is 0 Å². The second-order valence-electron chi connectivity index (χ2n) is 4.18. The fraction of sp³-hybridized carbons (Fsp3) is 0.500. The summed E-state index contributed by atoms with van der Waals surface area (Å²) in [7, 11) is 0. The first kappa shape index (κ1) is 13.6. The zero-order valence-electron chi connectivity index (χ0n) is 11.4. The predicted molar refractivity (Wildman–Crippen MR) is 73.5 cm³/mol. The van der Waals surface area contributed by atoms with Crippen LogP contribution in [0.4, 0.5) is 0 Å². The van der Waals surface area contributed by atoms with Gasteiger partial charge in [-0.1, -0.05) is 6.92 Å². The first-order valence-corrected chi connectivity index (χ1v) is 6.37. The molecule has 0 aliphatic carbocycles. The molecule has 0 fully saturated rings. The minimum absolute atomic E-state index is 0.722. The maximum Gasteiger partial charge on any atom is 0.119 e. The van der Waals surface area contributed by atoms with Crippen molar-refractivity contribution in [3.63, 3.8) is 0 Å². The number of hydrogen-bond donors (Lipinski definition) is 0. The maximum atomic E-state index is 5.54. The summed E-state index contributed by atoms with van der Waals surface area (Å²) < 4.78 is 5.54. The van der Waals surface area contributed by atoms with Crippen LogP contribution in [0, 0.1) is 25.7 Å². The molecule has 0 N–H and O–H groups in total. The monoisotopic (exact) mass is 230 g/mol. The van der Waals surface area contributed by atoms with Gasteiger partial charge in [-0.3, -0.25) is 0 Å². The van der Waals surface area contributed by atoms with Crippen molar-refractivity contribution >= 4 is 0 Å². The van der Waals surface area contributed by atoms with Gasteiger partial charge in [0.15, 0.2) is 0 Å². The van der Waals surface area contributed by atoms with E-state index in [2.05, 4.69) is 44.7 Å². The molecule has 0 saturated heterocycles. The molecule has 0 unspecified atom stereocenters. The molecule has 0 bridgehead atoms.